The molecule has 0 aromatic heterocycles. The second-order valence-corrected chi connectivity index (χ2v) is 16.7. The maximum atomic E-state index is 13.2. The Hall–Kier alpha value is -2.73. The van der Waals surface area contributed by atoms with Gasteiger partial charge in [-0.3, -0.25) is 0 Å². The fourth-order valence-electron chi connectivity index (χ4n) is 5.12. The highest BCUT2D eigenvalue weighted by molar-refractivity contribution is 9.10. The van der Waals surface area contributed by atoms with Gasteiger partial charge in [-0.15, -0.1) is 5.54 Å². The molecule has 0 bridgehead atoms. The molecule has 5 heteroatoms. The largest absolute Gasteiger partial charge is 0.416 e. The first-order valence-corrected chi connectivity index (χ1v) is 15.5. The van der Waals surface area contributed by atoms with Gasteiger partial charge in [0.1, 0.15) is 8.07 Å². The van der Waals surface area contributed by atoms with Crippen LogP contribution in [-0.4, -0.2) is 8.07 Å². The van der Waals surface area contributed by atoms with Gasteiger partial charge < -0.3 is 0 Å². The molecule has 0 atom stereocenters. The Morgan fingerprint density at radius 1 is 0.703 bits per heavy atom. The minimum atomic E-state index is -4.38. The fraction of sp³-hybridized carbons (Fsp3) is 0.312. The molecule has 0 radical (unpaired) electrons. The lowest BCUT2D eigenvalue weighted by Gasteiger charge is -2.38. The number of hydrogen-bond donors (Lipinski definition) is 0. The van der Waals surface area contributed by atoms with E-state index in [1.807, 2.05) is 42.5 Å². The Kier molecular flexibility index (Phi) is 9.17. The average Bonchev–Trinajstić information content (AvgIpc) is 2.83. The van der Waals surface area contributed by atoms with Gasteiger partial charge in [0.2, 0.25) is 0 Å². The van der Waals surface area contributed by atoms with E-state index in [0.717, 1.165) is 38.9 Å². The molecule has 0 spiro atoms. The number of rotatable bonds is 4. The second kappa shape index (κ2) is 11.8. The molecule has 192 valence electrons. The predicted molar refractivity (Wildman–Crippen MR) is 155 cm³/mol. The monoisotopic (exact) mass is 580 g/mol. The molecule has 0 saturated carbocycles. The Balaban J connectivity index is 2.22. The van der Waals surface area contributed by atoms with Crippen molar-refractivity contribution in [1.82, 2.24) is 0 Å². The molecule has 0 nitrogen and oxygen atoms in total. The molecular weight excluding hydrogens is 549 g/mol. The minimum absolute atomic E-state index is 0.467. The van der Waals surface area contributed by atoms with Gasteiger partial charge in [-0.1, -0.05) is 89.6 Å². The van der Waals surface area contributed by atoms with Gasteiger partial charge in [-0.05, 0) is 80.1 Å². The SMILES string of the molecule is CC(C)[Si](C#Cc1cc(Br)c(C#Cc2ccccc2)cc1-c1ccc(C(F)(F)F)cc1)(C(C)C)C(C)C. The van der Waals surface area contributed by atoms with Crippen LogP contribution in [0.25, 0.3) is 11.1 Å². The summed E-state index contributed by atoms with van der Waals surface area (Å²) in [6.45, 7) is 13.6. The zero-order valence-corrected chi connectivity index (χ0v) is 24.7. The van der Waals surface area contributed by atoms with Gasteiger partial charge >= 0.3 is 6.18 Å². The summed E-state index contributed by atoms with van der Waals surface area (Å²) in [5, 5.41) is 0. The van der Waals surface area contributed by atoms with E-state index in [2.05, 4.69) is 80.8 Å². The minimum Gasteiger partial charge on any atom is -0.166 e. The normalized spacial score (nSPS) is 11.8. The van der Waals surface area contributed by atoms with Crippen molar-refractivity contribution in [2.75, 3.05) is 0 Å². The molecule has 0 fully saturated rings. The molecule has 3 rings (SSSR count). The van der Waals surface area contributed by atoms with E-state index < -0.39 is 19.8 Å². The maximum absolute atomic E-state index is 13.2. The van der Waals surface area contributed by atoms with Crippen molar-refractivity contribution < 1.29 is 13.2 Å². The third-order valence-corrected chi connectivity index (χ3v) is 14.0. The topological polar surface area (TPSA) is 0 Å². The predicted octanol–water partition coefficient (Wildman–Crippen LogP) is 10.1. The first kappa shape index (κ1) is 28.8. The van der Waals surface area contributed by atoms with Crippen LogP contribution in [0.3, 0.4) is 0 Å². The van der Waals surface area contributed by atoms with E-state index >= 15 is 0 Å². The zero-order valence-electron chi connectivity index (χ0n) is 22.1. The summed E-state index contributed by atoms with van der Waals surface area (Å²) >= 11 is 3.66. The molecule has 0 aliphatic rings. The van der Waals surface area contributed by atoms with Crippen molar-refractivity contribution in [2.45, 2.75) is 64.3 Å². The summed E-state index contributed by atoms with van der Waals surface area (Å²) in [6.07, 6.45) is -4.38. The molecule has 0 heterocycles. The van der Waals surface area contributed by atoms with Gasteiger partial charge in [0, 0.05) is 21.2 Å². The molecular formula is C32H32BrF3Si. The van der Waals surface area contributed by atoms with Crippen molar-refractivity contribution in [3.05, 3.63) is 93.5 Å². The third kappa shape index (κ3) is 6.59. The standard InChI is InChI=1S/C32H32BrF3Si/c1-22(2)37(23(3)4,24(5)6)19-18-27-21-31(33)28(13-12-25-10-8-7-9-11-25)20-30(27)26-14-16-29(17-15-26)32(34,35)36/h7-11,14-17,20-24H,1-6H3. The Bertz CT molecular complexity index is 1330. The lowest BCUT2D eigenvalue weighted by Crippen LogP contribution is -2.43. The summed E-state index contributed by atoms with van der Waals surface area (Å²) in [6, 6.07) is 18.8. The first-order valence-electron chi connectivity index (χ1n) is 12.5. The van der Waals surface area contributed by atoms with Crippen molar-refractivity contribution in [2.24, 2.45) is 0 Å². The van der Waals surface area contributed by atoms with Crippen molar-refractivity contribution in [1.29, 1.82) is 0 Å². The summed E-state index contributed by atoms with van der Waals surface area (Å²) in [5.41, 5.74) is 8.36. The molecule has 3 aromatic carbocycles. The van der Waals surface area contributed by atoms with Crippen molar-refractivity contribution in [3.8, 4) is 34.4 Å². The highest BCUT2D eigenvalue weighted by atomic mass is 79.9. The number of halogens is 4. The van der Waals surface area contributed by atoms with Gasteiger partial charge in [-0.25, -0.2) is 0 Å². The fourth-order valence-corrected chi connectivity index (χ4v) is 10.8. The third-order valence-electron chi connectivity index (χ3n) is 7.03. The van der Waals surface area contributed by atoms with Crippen LogP contribution in [-0.2, 0) is 6.18 Å². The Morgan fingerprint density at radius 2 is 1.27 bits per heavy atom. The molecule has 0 N–H and O–H groups in total. The van der Waals surface area contributed by atoms with E-state index in [4.69, 9.17) is 0 Å². The van der Waals surface area contributed by atoms with Crippen molar-refractivity contribution >= 4 is 24.0 Å². The van der Waals surface area contributed by atoms with Crippen LogP contribution in [0.1, 0.15) is 63.8 Å². The van der Waals surface area contributed by atoms with E-state index in [0.29, 0.717) is 22.2 Å². The van der Waals surface area contributed by atoms with Gasteiger partial charge in [-0.2, -0.15) is 13.2 Å². The number of benzene rings is 3. The Labute approximate surface area is 228 Å². The zero-order chi connectivity index (χ0) is 27.4. The quantitative estimate of drug-likeness (QED) is 0.212. The van der Waals surface area contributed by atoms with Crippen LogP contribution in [0.15, 0.2) is 71.2 Å². The highest BCUT2D eigenvalue weighted by Gasteiger charge is 2.41. The Morgan fingerprint density at radius 3 is 1.78 bits per heavy atom. The molecule has 3 aromatic rings. The molecule has 37 heavy (non-hydrogen) atoms. The second-order valence-electron chi connectivity index (χ2n) is 10.2. The lowest BCUT2D eigenvalue weighted by atomic mass is 9.96. The van der Waals surface area contributed by atoms with Crippen LogP contribution in [0.4, 0.5) is 13.2 Å². The summed E-state index contributed by atoms with van der Waals surface area (Å²) in [4.78, 5) is 0. The maximum Gasteiger partial charge on any atom is 0.416 e. The first-order chi connectivity index (χ1) is 17.4. The van der Waals surface area contributed by atoms with Gasteiger partial charge in [0.05, 0.1) is 5.56 Å². The molecule has 0 amide bonds. The molecule has 0 unspecified atom stereocenters. The molecule has 0 aliphatic heterocycles. The summed E-state index contributed by atoms with van der Waals surface area (Å²) in [7, 11) is -2.01. The van der Waals surface area contributed by atoms with Crippen LogP contribution in [0, 0.1) is 23.3 Å². The molecule has 0 aliphatic carbocycles. The summed E-state index contributed by atoms with van der Waals surface area (Å²) in [5.74, 6) is 9.88. The van der Waals surface area contributed by atoms with Crippen LogP contribution in [0.2, 0.25) is 16.6 Å². The van der Waals surface area contributed by atoms with Crippen LogP contribution in [0.5, 0.6) is 0 Å². The average molecular weight is 582 g/mol. The lowest BCUT2D eigenvalue weighted by molar-refractivity contribution is -0.137. The van der Waals surface area contributed by atoms with E-state index in [9.17, 15) is 13.2 Å². The van der Waals surface area contributed by atoms with Gasteiger partial charge in [0.15, 0.2) is 0 Å². The van der Waals surface area contributed by atoms with E-state index in [-0.39, 0.29) is 0 Å². The smallest absolute Gasteiger partial charge is 0.166 e. The van der Waals surface area contributed by atoms with E-state index in [1.165, 1.54) is 12.1 Å². The van der Waals surface area contributed by atoms with Crippen LogP contribution < -0.4 is 0 Å². The van der Waals surface area contributed by atoms with Crippen molar-refractivity contribution in [3.63, 3.8) is 0 Å². The van der Waals surface area contributed by atoms with Gasteiger partial charge in [0.25, 0.3) is 0 Å². The highest BCUT2D eigenvalue weighted by Crippen LogP contribution is 2.41. The molecule has 0 saturated heterocycles. The van der Waals surface area contributed by atoms with E-state index in [1.54, 1.807) is 0 Å². The summed E-state index contributed by atoms with van der Waals surface area (Å²) < 4.78 is 40.5. The van der Waals surface area contributed by atoms with Crippen LogP contribution >= 0.6 is 15.9 Å². The number of hydrogen-bond acceptors (Lipinski definition) is 0. The number of alkyl halides is 3.